The van der Waals surface area contributed by atoms with Crippen LogP contribution in [0, 0.1) is 0 Å². The quantitative estimate of drug-likeness (QED) is 0.269. The summed E-state index contributed by atoms with van der Waals surface area (Å²) in [6, 6.07) is 9.32. The molecule has 0 heterocycles. The summed E-state index contributed by atoms with van der Waals surface area (Å²) in [7, 11) is -7.12. The molecule has 0 aliphatic heterocycles. The summed E-state index contributed by atoms with van der Waals surface area (Å²) < 4.78 is 1.19. The van der Waals surface area contributed by atoms with E-state index in [-0.39, 0.29) is 0 Å². The zero-order valence-electron chi connectivity index (χ0n) is 19.1. The van der Waals surface area contributed by atoms with Crippen LogP contribution in [0.2, 0.25) is 78.6 Å². The molecule has 0 saturated heterocycles. The zero-order chi connectivity index (χ0) is 21.0. The van der Waals surface area contributed by atoms with Gasteiger partial charge in [0, 0.05) is 25.8 Å². The lowest BCUT2D eigenvalue weighted by molar-refractivity contribution is 1.66. The van der Waals surface area contributed by atoms with E-state index in [1.165, 1.54) is 4.47 Å². The molecule has 0 N–H and O–H groups in total. The summed E-state index contributed by atoms with van der Waals surface area (Å²) in [5, 5.41) is 1.66. The van der Waals surface area contributed by atoms with Gasteiger partial charge in [0.05, 0.1) is 14.7 Å². The standard InChI is InChI=1S/C18H40BrClSi6/c1-21(2,18-15-13-17(19)14-16-18)23(5,6)25(9,10)26(11,12)24(7,8)22(3,4)20/h13-16H,1-12H3. The second-order valence-corrected chi connectivity index (χ2v) is 79.1. The molecule has 0 fully saturated rings. The first-order valence-corrected chi connectivity index (χ1v) is 34.5. The minimum Gasteiger partial charge on any atom is -0.171 e. The molecule has 0 spiro atoms. The normalized spacial score (nSPS) is 15.3. The molecule has 26 heavy (non-hydrogen) atoms. The summed E-state index contributed by atoms with van der Waals surface area (Å²) in [6.45, 7) is 30.5. The molecule has 0 saturated carbocycles. The molecule has 8 heteroatoms. The average Bonchev–Trinajstić information content (AvgIpc) is 2.45. The fourth-order valence-corrected chi connectivity index (χ4v) is 156. The molecule has 150 valence electrons. The Hall–Kier alpha value is 1.29. The van der Waals surface area contributed by atoms with Crippen molar-refractivity contribution in [2.45, 2.75) is 78.6 Å². The smallest absolute Gasteiger partial charge is 0.138 e. The lowest BCUT2D eigenvalue weighted by atomic mass is 10.4. The molecular formula is C18H40BrClSi6. The Morgan fingerprint density at radius 1 is 0.577 bits per heavy atom. The first kappa shape index (κ1) is 25.3. The molecule has 0 aliphatic carbocycles. The zero-order valence-corrected chi connectivity index (χ0v) is 27.4. The SMILES string of the molecule is C[Si](C)(Cl)[Si](C)(C)[Si](C)(C)[Si](C)(C)[Si](C)(C)[Si](C)(C)c1ccc(Br)cc1. The van der Waals surface area contributed by atoms with Gasteiger partial charge in [0.2, 0.25) is 0 Å². The van der Waals surface area contributed by atoms with Crippen molar-refractivity contribution < 1.29 is 0 Å². The Morgan fingerprint density at radius 3 is 1.27 bits per heavy atom. The first-order valence-electron chi connectivity index (χ1n) is 9.70. The molecule has 0 aromatic heterocycles. The van der Waals surface area contributed by atoms with Crippen LogP contribution in [-0.4, -0.2) is 42.9 Å². The van der Waals surface area contributed by atoms with E-state index in [0.29, 0.717) is 0 Å². The maximum absolute atomic E-state index is 7.19. The first-order chi connectivity index (χ1) is 11.2. The van der Waals surface area contributed by atoms with Crippen molar-refractivity contribution >= 4 is 75.1 Å². The number of halogens is 2. The van der Waals surface area contributed by atoms with Crippen molar-refractivity contribution in [1.29, 1.82) is 0 Å². The topological polar surface area (TPSA) is 0 Å². The number of benzene rings is 1. The van der Waals surface area contributed by atoms with Crippen molar-refractivity contribution in [3.63, 3.8) is 0 Å². The fraction of sp³-hybridized carbons (Fsp3) is 0.667. The monoisotopic (exact) mass is 538 g/mol. The summed E-state index contributed by atoms with van der Waals surface area (Å²) in [5.74, 6) is 0. The van der Waals surface area contributed by atoms with Crippen molar-refractivity contribution in [3.8, 4) is 0 Å². The number of hydrogen-bond donors (Lipinski definition) is 0. The summed E-state index contributed by atoms with van der Waals surface area (Å²) >= 11 is 10.8. The van der Waals surface area contributed by atoms with Gasteiger partial charge in [-0.15, -0.1) is 0 Å². The molecule has 0 bridgehead atoms. The number of rotatable bonds is 6. The highest BCUT2D eigenvalue weighted by atomic mass is 79.9. The minimum absolute atomic E-state index is 1.19. The molecule has 0 atom stereocenters. The van der Waals surface area contributed by atoms with E-state index < -0.39 is 42.9 Å². The van der Waals surface area contributed by atoms with Crippen LogP contribution >= 0.6 is 27.0 Å². The van der Waals surface area contributed by atoms with E-state index >= 15 is 0 Å². The van der Waals surface area contributed by atoms with E-state index in [0.717, 1.165) is 0 Å². The highest BCUT2D eigenvalue weighted by Crippen LogP contribution is 2.42. The average molecular weight is 540 g/mol. The number of hydrogen-bond acceptors (Lipinski definition) is 0. The summed E-state index contributed by atoms with van der Waals surface area (Å²) in [4.78, 5) is 0. The van der Waals surface area contributed by atoms with Crippen molar-refractivity contribution in [2.75, 3.05) is 0 Å². The van der Waals surface area contributed by atoms with Gasteiger partial charge in [-0.25, -0.2) is 0 Å². The van der Waals surface area contributed by atoms with Gasteiger partial charge in [-0.2, -0.15) is 11.1 Å². The van der Waals surface area contributed by atoms with Gasteiger partial charge in [-0.1, -0.05) is 112 Å². The van der Waals surface area contributed by atoms with Gasteiger partial charge in [0.15, 0.2) is 0 Å². The third kappa shape index (κ3) is 3.85. The van der Waals surface area contributed by atoms with Crippen LogP contribution < -0.4 is 5.19 Å². The molecule has 1 rings (SSSR count). The van der Waals surface area contributed by atoms with Crippen LogP contribution in [0.15, 0.2) is 28.7 Å². The van der Waals surface area contributed by atoms with Crippen LogP contribution in [-0.2, 0) is 0 Å². The second-order valence-electron chi connectivity index (χ2n) is 11.1. The van der Waals surface area contributed by atoms with Crippen LogP contribution in [0.1, 0.15) is 0 Å². The predicted molar refractivity (Wildman–Crippen MR) is 145 cm³/mol. The molecule has 1 aromatic carbocycles. The third-order valence-electron chi connectivity index (χ3n) is 9.30. The van der Waals surface area contributed by atoms with E-state index in [1.54, 1.807) is 5.19 Å². The molecule has 0 unspecified atom stereocenters. The Kier molecular flexibility index (Phi) is 7.33. The van der Waals surface area contributed by atoms with Gasteiger partial charge in [0.1, 0.15) is 6.90 Å². The van der Waals surface area contributed by atoms with E-state index in [4.69, 9.17) is 11.1 Å². The van der Waals surface area contributed by atoms with E-state index in [9.17, 15) is 0 Å². The van der Waals surface area contributed by atoms with Gasteiger partial charge in [-0.3, -0.25) is 0 Å². The Morgan fingerprint density at radius 2 is 0.923 bits per heavy atom. The van der Waals surface area contributed by atoms with Crippen molar-refractivity contribution in [3.05, 3.63) is 28.7 Å². The van der Waals surface area contributed by atoms with Crippen molar-refractivity contribution in [1.82, 2.24) is 0 Å². The molecule has 0 nitrogen and oxygen atoms in total. The molecule has 0 amide bonds. The molecular weight excluding hydrogens is 500 g/mol. The minimum atomic E-state index is -1.62. The second kappa shape index (κ2) is 7.52. The third-order valence-corrected chi connectivity index (χ3v) is 132. The van der Waals surface area contributed by atoms with Crippen LogP contribution in [0.4, 0.5) is 0 Å². The predicted octanol–water partition coefficient (Wildman–Crippen LogP) is 7.03. The largest absolute Gasteiger partial charge is 0.171 e. The van der Waals surface area contributed by atoms with Crippen molar-refractivity contribution in [2.24, 2.45) is 0 Å². The highest BCUT2D eigenvalue weighted by molar-refractivity contribution is 9.10. The Bertz CT molecular complexity index is 645. The van der Waals surface area contributed by atoms with E-state index in [1.807, 2.05) is 0 Å². The maximum atomic E-state index is 7.19. The van der Waals surface area contributed by atoms with Gasteiger partial charge in [0.25, 0.3) is 0 Å². The fourth-order valence-electron chi connectivity index (χ4n) is 4.31. The van der Waals surface area contributed by atoms with Gasteiger partial charge >= 0.3 is 0 Å². The maximum Gasteiger partial charge on any atom is 0.138 e. The van der Waals surface area contributed by atoms with E-state index in [2.05, 4.69) is 119 Å². The summed E-state index contributed by atoms with van der Waals surface area (Å²) in [6.07, 6.45) is 0. The van der Waals surface area contributed by atoms with Gasteiger partial charge < -0.3 is 0 Å². The summed E-state index contributed by atoms with van der Waals surface area (Å²) in [5.41, 5.74) is 0. The van der Waals surface area contributed by atoms with Gasteiger partial charge in [-0.05, 0) is 12.1 Å². The highest BCUT2D eigenvalue weighted by Gasteiger charge is 2.66. The lowest BCUT2D eigenvalue weighted by Crippen LogP contribution is -2.88. The molecule has 0 radical (unpaired) electrons. The lowest BCUT2D eigenvalue weighted by Gasteiger charge is -2.61. The Labute approximate surface area is 181 Å². The van der Waals surface area contributed by atoms with Crippen LogP contribution in [0.5, 0.6) is 0 Å². The van der Waals surface area contributed by atoms with Crippen LogP contribution in [0.25, 0.3) is 0 Å². The molecule has 0 aliphatic rings. The molecule has 1 aromatic rings. The van der Waals surface area contributed by atoms with Crippen LogP contribution in [0.3, 0.4) is 0 Å². The Balaban J connectivity index is 3.55.